The second kappa shape index (κ2) is 4.49. The summed E-state index contributed by atoms with van der Waals surface area (Å²) in [6.45, 7) is 0. The Morgan fingerprint density at radius 2 is 2.12 bits per heavy atom. The molecule has 2 nitrogen and oxygen atoms in total. The van der Waals surface area contributed by atoms with Gasteiger partial charge in [0.2, 0.25) is 5.82 Å². The lowest BCUT2D eigenvalue weighted by atomic mass is 10.3. The highest BCUT2D eigenvalue weighted by Gasteiger charge is 2.25. The Kier molecular flexibility index (Phi) is 3.23. The Balaban J connectivity index is 2.18. The van der Waals surface area contributed by atoms with Gasteiger partial charge in [0.15, 0.2) is 11.6 Å². The van der Waals surface area contributed by atoms with Crippen molar-refractivity contribution >= 4 is 21.7 Å². The molecule has 1 aromatic carbocycles. The first-order chi connectivity index (χ1) is 7.56. The van der Waals surface area contributed by atoms with Crippen molar-refractivity contribution in [3.63, 3.8) is 0 Å². The molecule has 0 bridgehead atoms. The molecule has 1 atom stereocenters. The van der Waals surface area contributed by atoms with E-state index in [2.05, 4.69) is 15.9 Å². The molecule has 5 heteroatoms. The van der Waals surface area contributed by atoms with Gasteiger partial charge in [-0.2, -0.15) is 4.39 Å². The van der Waals surface area contributed by atoms with Crippen LogP contribution in [0.4, 0.5) is 8.78 Å². The zero-order valence-corrected chi connectivity index (χ0v) is 9.89. The molecule has 1 saturated carbocycles. The van der Waals surface area contributed by atoms with Crippen molar-refractivity contribution in [3.8, 4) is 5.75 Å². The van der Waals surface area contributed by atoms with Crippen molar-refractivity contribution in [1.29, 1.82) is 0 Å². The summed E-state index contributed by atoms with van der Waals surface area (Å²) in [6.07, 6.45) is 0.943. The average molecular weight is 291 g/mol. The summed E-state index contributed by atoms with van der Waals surface area (Å²) in [5, 5.41) is 0. The largest absolute Gasteiger partial charge is 0.487 e. The van der Waals surface area contributed by atoms with Crippen LogP contribution in [-0.4, -0.2) is 11.9 Å². The fourth-order valence-electron chi connectivity index (χ4n) is 1.68. The van der Waals surface area contributed by atoms with Crippen molar-refractivity contribution < 1.29 is 18.3 Å². The second-order valence-corrected chi connectivity index (χ2v) is 4.64. The van der Waals surface area contributed by atoms with Crippen molar-refractivity contribution in [3.05, 3.63) is 28.2 Å². The van der Waals surface area contributed by atoms with Gasteiger partial charge in [-0.05, 0) is 18.6 Å². The number of halogens is 3. The molecule has 0 radical (unpaired) electrons. The lowest BCUT2D eigenvalue weighted by Gasteiger charge is -2.13. The molecule has 1 aliphatic carbocycles. The highest BCUT2D eigenvalue weighted by atomic mass is 79.9. The minimum atomic E-state index is -1.01. The molecule has 0 saturated heterocycles. The summed E-state index contributed by atoms with van der Waals surface area (Å²) in [4.78, 5) is 11.0. The SMILES string of the molecule is O=C1CCC(Oc2cc(Br)cc(F)c2F)C1. The van der Waals surface area contributed by atoms with Crippen LogP contribution in [0.2, 0.25) is 0 Å². The number of benzene rings is 1. The third-order valence-electron chi connectivity index (χ3n) is 2.45. The third-order valence-corrected chi connectivity index (χ3v) is 2.91. The summed E-state index contributed by atoms with van der Waals surface area (Å²) < 4.78 is 32.0. The van der Waals surface area contributed by atoms with Gasteiger partial charge >= 0.3 is 0 Å². The molecule has 0 aliphatic heterocycles. The fourth-order valence-corrected chi connectivity index (χ4v) is 2.09. The number of carbonyl (C=O) groups is 1. The first-order valence-corrected chi connectivity index (χ1v) is 5.68. The topological polar surface area (TPSA) is 26.3 Å². The van der Waals surface area contributed by atoms with Gasteiger partial charge in [-0.15, -0.1) is 0 Å². The van der Waals surface area contributed by atoms with Crippen molar-refractivity contribution in [2.24, 2.45) is 0 Å². The predicted octanol–water partition coefficient (Wildman–Crippen LogP) is 3.23. The van der Waals surface area contributed by atoms with Crippen LogP contribution < -0.4 is 4.74 Å². The number of hydrogen-bond donors (Lipinski definition) is 0. The number of ketones is 1. The number of Topliss-reactive ketones (excluding diaryl/α,β-unsaturated/α-hetero) is 1. The van der Waals surface area contributed by atoms with E-state index in [4.69, 9.17) is 4.74 Å². The summed E-state index contributed by atoms with van der Waals surface area (Å²) >= 11 is 3.05. The molecule has 1 unspecified atom stereocenters. The van der Waals surface area contributed by atoms with Gasteiger partial charge in [0, 0.05) is 17.3 Å². The number of rotatable bonds is 2. The zero-order valence-electron chi connectivity index (χ0n) is 8.30. The van der Waals surface area contributed by atoms with E-state index in [-0.39, 0.29) is 24.1 Å². The van der Waals surface area contributed by atoms with E-state index in [0.717, 1.165) is 6.07 Å². The molecule has 0 amide bonds. The van der Waals surface area contributed by atoms with Crippen LogP contribution in [0.1, 0.15) is 19.3 Å². The maximum absolute atomic E-state index is 13.3. The van der Waals surface area contributed by atoms with Gasteiger partial charge in [-0.25, -0.2) is 4.39 Å². The summed E-state index contributed by atoms with van der Waals surface area (Å²) in [6, 6.07) is 2.39. The molecular weight excluding hydrogens is 282 g/mol. The van der Waals surface area contributed by atoms with Crippen LogP contribution in [0.3, 0.4) is 0 Å². The van der Waals surface area contributed by atoms with E-state index in [9.17, 15) is 13.6 Å². The summed E-state index contributed by atoms with van der Waals surface area (Å²) in [5.74, 6) is -2.02. The smallest absolute Gasteiger partial charge is 0.200 e. The first kappa shape index (κ1) is 11.5. The Labute approximate surface area is 99.7 Å². The van der Waals surface area contributed by atoms with Crippen molar-refractivity contribution in [2.75, 3.05) is 0 Å². The summed E-state index contributed by atoms with van der Waals surface area (Å²) in [5.41, 5.74) is 0. The average Bonchev–Trinajstić information content (AvgIpc) is 2.60. The molecule has 1 aromatic rings. The van der Waals surface area contributed by atoms with Gasteiger partial charge in [0.1, 0.15) is 11.9 Å². The summed E-state index contributed by atoms with van der Waals surface area (Å²) in [7, 11) is 0. The molecule has 2 rings (SSSR count). The maximum atomic E-state index is 13.3. The normalized spacial score (nSPS) is 20.2. The van der Waals surface area contributed by atoms with Gasteiger partial charge in [-0.3, -0.25) is 4.79 Å². The number of ether oxygens (including phenoxy) is 1. The number of carbonyl (C=O) groups excluding carboxylic acids is 1. The monoisotopic (exact) mass is 290 g/mol. The van der Waals surface area contributed by atoms with Gasteiger partial charge in [0.05, 0.1) is 0 Å². The highest BCUT2D eigenvalue weighted by molar-refractivity contribution is 9.10. The maximum Gasteiger partial charge on any atom is 0.200 e. The van der Waals surface area contributed by atoms with Crippen LogP contribution >= 0.6 is 15.9 Å². The predicted molar refractivity (Wildman–Crippen MR) is 57.3 cm³/mol. The molecule has 0 heterocycles. The van der Waals surface area contributed by atoms with E-state index in [1.807, 2.05) is 0 Å². The molecule has 0 N–H and O–H groups in total. The van der Waals surface area contributed by atoms with E-state index in [1.165, 1.54) is 6.07 Å². The van der Waals surface area contributed by atoms with Crippen LogP contribution in [-0.2, 0) is 4.79 Å². The van der Waals surface area contributed by atoms with Gasteiger partial charge in [0.25, 0.3) is 0 Å². The Morgan fingerprint density at radius 3 is 2.75 bits per heavy atom. The second-order valence-electron chi connectivity index (χ2n) is 3.72. The van der Waals surface area contributed by atoms with E-state index < -0.39 is 11.6 Å². The molecule has 1 fully saturated rings. The van der Waals surface area contributed by atoms with E-state index >= 15 is 0 Å². The Bertz CT molecular complexity index is 434. The van der Waals surface area contributed by atoms with E-state index in [0.29, 0.717) is 17.3 Å². The molecule has 0 aromatic heterocycles. The molecule has 86 valence electrons. The van der Waals surface area contributed by atoms with Gasteiger partial charge in [-0.1, -0.05) is 15.9 Å². The Hall–Kier alpha value is -0.970. The zero-order chi connectivity index (χ0) is 11.7. The van der Waals surface area contributed by atoms with Gasteiger partial charge < -0.3 is 4.74 Å². The lowest BCUT2D eigenvalue weighted by Crippen LogP contribution is -2.13. The third kappa shape index (κ3) is 2.40. The minimum Gasteiger partial charge on any atom is -0.487 e. The van der Waals surface area contributed by atoms with Crippen molar-refractivity contribution in [1.82, 2.24) is 0 Å². The Morgan fingerprint density at radius 1 is 1.38 bits per heavy atom. The molecule has 16 heavy (non-hydrogen) atoms. The van der Waals surface area contributed by atoms with Crippen LogP contribution in [0.5, 0.6) is 5.75 Å². The van der Waals surface area contributed by atoms with Crippen LogP contribution in [0.25, 0.3) is 0 Å². The first-order valence-electron chi connectivity index (χ1n) is 4.89. The van der Waals surface area contributed by atoms with Crippen LogP contribution in [0, 0.1) is 11.6 Å². The fraction of sp³-hybridized carbons (Fsp3) is 0.364. The standard InChI is InChI=1S/C11H9BrF2O2/c12-6-3-9(13)11(14)10(4-6)16-8-2-1-7(15)5-8/h3-4,8H,1-2,5H2. The van der Waals surface area contributed by atoms with E-state index in [1.54, 1.807) is 0 Å². The minimum absolute atomic E-state index is 0.0980. The molecule has 1 aliphatic rings. The van der Waals surface area contributed by atoms with Crippen molar-refractivity contribution in [2.45, 2.75) is 25.4 Å². The quantitative estimate of drug-likeness (QED) is 0.782. The molecule has 0 spiro atoms. The lowest BCUT2D eigenvalue weighted by molar-refractivity contribution is -0.117. The van der Waals surface area contributed by atoms with Crippen LogP contribution in [0.15, 0.2) is 16.6 Å². The molecular formula is C11H9BrF2O2. The number of hydrogen-bond acceptors (Lipinski definition) is 2. The highest BCUT2D eigenvalue weighted by Crippen LogP contribution is 2.29.